The minimum atomic E-state index is -0.256. The Morgan fingerprint density at radius 3 is 2.77 bits per heavy atom. The maximum Gasteiger partial charge on any atom is 0.250 e. The summed E-state index contributed by atoms with van der Waals surface area (Å²) in [4.78, 5) is 11.9. The van der Waals surface area contributed by atoms with E-state index >= 15 is 0 Å². The van der Waals surface area contributed by atoms with Gasteiger partial charge in [0.1, 0.15) is 18.0 Å². The summed E-state index contributed by atoms with van der Waals surface area (Å²) < 4.78 is 10.3. The molecule has 6 nitrogen and oxygen atoms in total. The number of aromatic nitrogens is 2. The number of nitrogens with zero attached hydrogens (tertiary/aromatic N) is 1. The first-order chi connectivity index (χ1) is 10.8. The summed E-state index contributed by atoms with van der Waals surface area (Å²) in [5.74, 6) is 0.344. The number of methoxy groups -OCH3 is 1. The summed E-state index contributed by atoms with van der Waals surface area (Å²) in [6, 6.07) is 13.2. The average molecular weight is 297 g/mol. The van der Waals surface area contributed by atoms with Gasteiger partial charge in [0.25, 0.3) is 0 Å². The fourth-order valence-corrected chi connectivity index (χ4v) is 2.17. The van der Waals surface area contributed by atoms with Crippen molar-refractivity contribution in [3.63, 3.8) is 0 Å². The molecule has 1 aromatic carbocycles. The van der Waals surface area contributed by atoms with Crippen LogP contribution < -0.4 is 5.32 Å². The second kappa shape index (κ2) is 6.28. The molecule has 0 aliphatic carbocycles. The zero-order valence-corrected chi connectivity index (χ0v) is 12.0. The molecule has 112 valence electrons. The summed E-state index contributed by atoms with van der Waals surface area (Å²) in [6.45, 7) is -0.0307. The molecular formula is C16H15N3O3. The molecule has 2 N–H and O–H groups in total. The third-order valence-electron chi connectivity index (χ3n) is 3.12. The van der Waals surface area contributed by atoms with Crippen LogP contribution in [0.1, 0.15) is 0 Å². The van der Waals surface area contributed by atoms with Crippen molar-refractivity contribution in [1.82, 2.24) is 10.2 Å². The van der Waals surface area contributed by atoms with E-state index in [0.717, 1.165) is 5.56 Å². The van der Waals surface area contributed by atoms with Crippen molar-refractivity contribution >= 4 is 11.6 Å². The van der Waals surface area contributed by atoms with Crippen LogP contribution in [0.4, 0.5) is 5.69 Å². The molecule has 2 heterocycles. The number of amides is 1. The van der Waals surface area contributed by atoms with E-state index in [1.807, 2.05) is 30.3 Å². The molecule has 2 aromatic heterocycles. The van der Waals surface area contributed by atoms with Crippen LogP contribution in [0.3, 0.4) is 0 Å². The van der Waals surface area contributed by atoms with E-state index in [0.29, 0.717) is 22.8 Å². The number of anilines is 1. The molecule has 6 heteroatoms. The average Bonchev–Trinajstić information content (AvgIpc) is 3.17. The number of nitrogens with one attached hydrogen (secondary N) is 2. The highest BCUT2D eigenvalue weighted by molar-refractivity contribution is 5.99. The van der Waals surface area contributed by atoms with Crippen LogP contribution in [-0.4, -0.2) is 29.8 Å². The van der Waals surface area contributed by atoms with Crippen molar-refractivity contribution in [2.45, 2.75) is 0 Å². The molecule has 0 fully saturated rings. The first-order valence-corrected chi connectivity index (χ1v) is 6.76. The molecule has 0 unspecified atom stereocenters. The molecule has 0 radical (unpaired) electrons. The molecule has 3 aromatic rings. The summed E-state index contributed by atoms with van der Waals surface area (Å²) in [5.41, 5.74) is 2.73. The van der Waals surface area contributed by atoms with Crippen LogP contribution >= 0.6 is 0 Å². The van der Waals surface area contributed by atoms with E-state index in [2.05, 4.69) is 15.5 Å². The van der Waals surface area contributed by atoms with Crippen LogP contribution in [0.25, 0.3) is 22.7 Å². The molecule has 0 atom stereocenters. The van der Waals surface area contributed by atoms with Gasteiger partial charge in [-0.25, -0.2) is 0 Å². The van der Waals surface area contributed by atoms with Gasteiger partial charge in [-0.2, -0.15) is 5.10 Å². The molecule has 0 saturated heterocycles. The first kappa shape index (κ1) is 14.1. The Labute approximate surface area is 127 Å². The molecule has 0 spiro atoms. The zero-order chi connectivity index (χ0) is 15.4. The lowest BCUT2D eigenvalue weighted by molar-refractivity contribution is -0.119. The van der Waals surface area contributed by atoms with Crippen molar-refractivity contribution < 1.29 is 13.9 Å². The van der Waals surface area contributed by atoms with Gasteiger partial charge >= 0.3 is 0 Å². The van der Waals surface area contributed by atoms with Crippen molar-refractivity contribution in [3.05, 3.63) is 48.7 Å². The zero-order valence-electron chi connectivity index (χ0n) is 12.0. The molecule has 0 bridgehead atoms. The Bertz CT molecular complexity index is 748. The largest absolute Gasteiger partial charge is 0.463 e. The minimum Gasteiger partial charge on any atom is -0.463 e. The van der Waals surface area contributed by atoms with E-state index < -0.39 is 0 Å². The summed E-state index contributed by atoms with van der Waals surface area (Å²) >= 11 is 0. The number of rotatable bonds is 5. The van der Waals surface area contributed by atoms with Crippen LogP contribution in [0.5, 0.6) is 0 Å². The molecule has 3 rings (SSSR count). The fraction of sp³-hybridized carbons (Fsp3) is 0.125. The highest BCUT2D eigenvalue weighted by Crippen LogP contribution is 2.34. The van der Waals surface area contributed by atoms with Gasteiger partial charge in [0, 0.05) is 12.7 Å². The number of furan rings is 1. The number of ether oxygens (including phenoxy) is 1. The predicted octanol–water partition coefficient (Wildman–Crippen LogP) is 2.92. The number of hydrogen-bond donors (Lipinski definition) is 2. The maximum absolute atomic E-state index is 11.9. The molecule has 0 aliphatic rings. The van der Waals surface area contributed by atoms with Gasteiger partial charge in [-0.1, -0.05) is 30.3 Å². The fourth-order valence-electron chi connectivity index (χ4n) is 2.17. The summed E-state index contributed by atoms with van der Waals surface area (Å²) in [5, 5.41) is 10.1. The summed E-state index contributed by atoms with van der Waals surface area (Å²) in [7, 11) is 1.47. The minimum absolute atomic E-state index is 0.0307. The van der Waals surface area contributed by atoms with E-state index in [4.69, 9.17) is 9.15 Å². The lowest BCUT2D eigenvalue weighted by Crippen LogP contribution is -2.17. The smallest absolute Gasteiger partial charge is 0.250 e. The molecular weight excluding hydrogens is 282 g/mol. The van der Waals surface area contributed by atoms with Gasteiger partial charge in [-0.15, -0.1) is 0 Å². The number of carbonyl (C=O) groups excluding carboxylic acids is 1. The molecule has 0 aliphatic heterocycles. The third kappa shape index (κ3) is 2.77. The Balaban J connectivity index is 2.05. The molecule has 22 heavy (non-hydrogen) atoms. The van der Waals surface area contributed by atoms with Crippen molar-refractivity contribution in [2.24, 2.45) is 0 Å². The number of H-pyrrole nitrogens is 1. The van der Waals surface area contributed by atoms with Crippen molar-refractivity contribution in [2.75, 3.05) is 19.0 Å². The highest BCUT2D eigenvalue weighted by Gasteiger charge is 2.19. The van der Waals surface area contributed by atoms with E-state index in [-0.39, 0.29) is 12.5 Å². The van der Waals surface area contributed by atoms with E-state index in [9.17, 15) is 4.79 Å². The second-order valence-corrected chi connectivity index (χ2v) is 4.65. The number of hydrogen-bond acceptors (Lipinski definition) is 4. The monoisotopic (exact) mass is 297 g/mol. The van der Waals surface area contributed by atoms with Gasteiger partial charge in [0.15, 0.2) is 5.76 Å². The van der Waals surface area contributed by atoms with Gasteiger partial charge in [0.05, 0.1) is 12.0 Å². The van der Waals surface area contributed by atoms with Crippen molar-refractivity contribution in [3.8, 4) is 22.7 Å². The van der Waals surface area contributed by atoms with Gasteiger partial charge in [0.2, 0.25) is 5.91 Å². The van der Waals surface area contributed by atoms with Gasteiger partial charge < -0.3 is 14.5 Å². The number of carbonyl (C=O) groups is 1. The lowest BCUT2D eigenvalue weighted by Gasteiger charge is -2.07. The number of aromatic amines is 1. The third-order valence-corrected chi connectivity index (χ3v) is 3.12. The Hall–Kier alpha value is -2.86. The Kier molecular flexibility index (Phi) is 4.02. The van der Waals surface area contributed by atoms with Crippen LogP contribution in [0, 0.1) is 0 Å². The standard InChI is InChI=1S/C16H15N3O3/c1-21-10-13(20)17-16-14(11-6-3-2-4-7-11)18-19-15(16)12-8-5-9-22-12/h2-9H,10H2,1H3,(H,17,20)(H,18,19). The van der Waals surface area contributed by atoms with E-state index in [1.165, 1.54) is 7.11 Å². The van der Waals surface area contributed by atoms with Crippen LogP contribution in [-0.2, 0) is 9.53 Å². The second-order valence-electron chi connectivity index (χ2n) is 4.65. The maximum atomic E-state index is 11.9. The van der Waals surface area contributed by atoms with E-state index in [1.54, 1.807) is 18.4 Å². The Morgan fingerprint density at radius 2 is 2.09 bits per heavy atom. The van der Waals surface area contributed by atoms with Gasteiger partial charge in [-0.3, -0.25) is 9.89 Å². The highest BCUT2D eigenvalue weighted by atomic mass is 16.5. The Morgan fingerprint density at radius 1 is 1.27 bits per heavy atom. The first-order valence-electron chi connectivity index (χ1n) is 6.76. The molecule has 0 saturated carbocycles. The SMILES string of the molecule is COCC(=O)Nc1c(-c2ccccc2)n[nH]c1-c1ccco1. The van der Waals surface area contributed by atoms with Crippen LogP contribution in [0.2, 0.25) is 0 Å². The van der Waals surface area contributed by atoms with Crippen LogP contribution in [0.15, 0.2) is 53.1 Å². The quantitative estimate of drug-likeness (QED) is 0.758. The molecule has 1 amide bonds. The normalized spacial score (nSPS) is 10.6. The topological polar surface area (TPSA) is 80.1 Å². The summed E-state index contributed by atoms with van der Waals surface area (Å²) in [6.07, 6.45) is 1.57. The predicted molar refractivity (Wildman–Crippen MR) is 82.2 cm³/mol. The van der Waals surface area contributed by atoms with Gasteiger partial charge in [-0.05, 0) is 12.1 Å². The lowest BCUT2D eigenvalue weighted by atomic mass is 10.1. The number of benzene rings is 1. The van der Waals surface area contributed by atoms with Crippen molar-refractivity contribution in [1.29, 1.82) is 0 Å².